The minimum absolute atomic E-state index is 0.0757. The molecule has 4 nitrogen and oxygen atoms in total. The van der Waals surface area contributed by atoms with Crippen molar-refractivity contribution in [1.29, 1.82) is 5.41 Å². The van der Waals surface area contributed by atoms with E-state index in [9.17, 15) is 5.11 Å². The molecule has 0 bridgehead atoms. The third-order valence-electron chi connectivity index (χ3n) is 2.30. The summed E-state index contributed by atoms with van der Waals surface area (Å²) in [5, 5.41) is 17.8. The van der Waals surface area contributed by atoms with Crippen LogP contribution in [0.1, 0.15) is 19.4 Å². The van der Waals surface area contributed by atoms with Crippen molar-refractivity contribution < 1.29 is 5.11 Å². The van der Waals surface area contributed by atoms with Crippen molar-refractivity contribution >= 4 is 23.1 Å². The number of rotatable bonds is 4. The minimum Gasteiger partial charge on any atom is -0.389 e. The first-order chi connectivity index (χ1) is 7.72. The van der Waals surface area contributed by atoms with Crippen molar-refractivity contribution in [3.05, 3.63) is 28.8 Å². The van der Waals surface area contributed by atoms with Crippen LogP contribution in [-0.4, -0.2) is 30.1 Å². The van der Waals surface area contributed by atoms with Gasteiger partial charge in [-0.15, -0.1) is 0 Å². The predicted octanol–water partition coefficient (Wildman–Crippen LogP) is 1.83. The molecule has 0 aromatic heterocycles. The lowest BCUT2D eigenvalue weighted by atomic mass is 10.1. The first-order valence-electron chi connectivity index (χ1n) is 5.29. The van der Waals surface area contributed by atoms with Gasteiger partial charge in [-0.2, -0.15) is 0 Å². The molecule has 5 heteroatoms. The summed E-state index contributed by atoms with van der Waals surface area (Å²) in [5.41, 5.74) is 5.94. The molecule has 0 fully saturated rings. The second-order valence-electron chi connectivity index (χ2n) is 4.72. The number of halogens is 1. The number of anilines is 1. The summed E-state index contributed by atoms with van der Waals surface area (Å²) in [6.45, 7) is 3.87. The molecule has 0 radical (unpaired) electrons. The molecule has 0 amide bonds. The van der Waals surface area contributed by atoms with Crippen LogP contribution in [0.25, 0.3) is 0 Å². The molecule has 0 spiro atoms. The van der Waals surface area contributed by atoms with E-state index < -0.39 is 5.60 Å². The molecule has 0 aliphatic rings. The van der Waals surface area contributed by atoms with Crippen LogP contribution in [0.4, 0.5) is 5.69 Å². The number of amidine groups is 1. The third kappa shape index (κ3) is 3.61. The molecular formula is C12H18ClN3O. The Hall–Kier alpha value is -1.26. The number of benzene rings is 1. The van der Waals surface area contributed by atoms with Crippen LogP contribution in [0.2, 0.25) is 5.02 Å². The molecule has 17 heavy (non-hydrogen) atoms. The highest BCUT2D eigenvalue weighted by molar-refractivity contribution is 6.34. The summed E-state index contributed by atoms with van der Waals surface area (Å²) in [6.07, 6.45) is 0. The van der Waals surface area contributed by atoms with E-state index in [1.165, 1.54) is 0 Å². The molecule has 0 aliphatic carbocycles. The summed E-state index contributed by atoms with van der Waals surface area (Å²) < 4.78 is 0. The number of nitrogens with two attached hydrogens (primary N) is 1. The number of likely N-dealkylation sites (N-methyl/N-ethyl adjacent to an activating group) is 1. The van der Waals surface area contributed by atoms with E-state index in [4.69, 9.17) is 22.7 Å². The largest absolute Gasteiger partial charge is 0.389 e. The number of nitrogens with one attached hydrogen (secondary N) is 1. The first kappa shape index (κ1) is 13.8. The Labute approximate surface area is 107 Å². The molecular weight excluding hydrogens is 238 g/mol. The molecule has 1 rings (SSSR count). The van der Waals surface area contributed by atoms with Crippen LogP contribution in [-0.2, 0) is 0 Å². The number of hydrogen-bond donors (Lipinski definition) is 3. The molecule has 0 saturated carbocycles. The number of aliphatic hydroxyl groups is 1. The molecule has 4 N–H and O–H groups in total. The van der Waals surface area contributed by atoms with Gasteiger partial charge in [-0.05, 0) is 26.0 Å². The van der Waals surface area contributed by atoms with Crippen molar-refractivity contribution in [1.82, 2.24) is 0 Å². The monoisotopic (exact) mass is 255 g/mol. The van der Waals surface area contributed by atoms with E-state index in [0.717, 1.165) is 5.69 Å². The minimum atomic E-state index is -0.828. The van der Waals surface area contributed by atoms with Gasteiger partial charge in [-0.3, -0.25) is 5.41 Å². The fraction of sp³-hybridized carbons (Fsp3) is 0.417. The highest BCUT2D eigenvalue weighted by atomic mass is 35.5. The number of nitrogens with zero attached hydrogens (tertiary/aromatic N) is 1. The normalized spacial score (nSPS) is 11.4. The van der Waals surface area contributed by atoms with Crippen molar-refractivity contribution in [2.75, 3.05) is 18.5 Å². The Balaban J connectivity index is 3.13. The van der Waals surface area contributed by atoms with Gasteiger partial charge in [0, 0.05) is 19.3 Å². The zero-order valence-corrected chi connectivity index (χ0v) is 11.0. The van der Waals surface area contributed by atoms with Crippen molar-refractivity contribution in [2.45, 2.75) is 19.4 Å². The summed E-state index contributed by atoms with van der Waals surface area (Å²) in [7, 11) is 1.83. The van der Waals surface area contributed by atoms with Crippen molar-refractivity contribution in [3.63, 3.8) is 0 Å². The molecule has 0 saturated heterocycles. The average Bonchev–Trinajstić information content (AvgIpc) is 2.13. The lowest BCUT2D eigenvalue weighted by molar-refractivity contribution is 0.0886. The zero-order valence-electron chi connectivity index (χ0n) is 10.3. The number of nitrogen functional groups attached to an aromatic ring is 1. The van der Waals surface area contributed by atoms with E-state index in [1.54, 1.807) is 26.0 Å². The van der Waals surface area contributed by atoms with E-state index in [1.807, 2.05) is 18.0 Å². The second kappa shape index (κ2) is 4.94. The van der Waals surface area contributed by atoms with Gasteiger partial charge in [0.25, 0.3) is 0 Å². The van der Waals surface area contributed by atoms with Gasteiger partial charge in [0.15, 0.2) is 0 Å². The van der Waals surface area contributed by atoms with Crippen LogP contribution < -0.4 is 10.6 Å². The maximum Gasteiger partial charge on any atom is 0.126 e. The maximum atomic E-state index is 9.79. The fourth-order valence-electron chi connectivity index (χ4n) is 1.76. The van der Waals surface area contributed by atoms with E-state index in [0.29, 0.717) is 17.1 Å². The first-order valence-corrected chi connectivity index (χ1v) is 5.66. The van der Waals surface area contributed by atoms with Gasteiger partial charge in [-0.25, -0.2) is 0 Å². The second-order valence-corrected chi connectivity index (χ2v) is 5.12. The van der Waals surface area contributed by atoms with Gasteiger partial charge in [0.2, 0.25) is 0 Å². The van der Waals surface area contributed by atoms with Crippen molar-refractivity contribution in [3.8, 4) is 0 Å². The van der Waals surface area contributed by atoms with E-state index >= 15 is 0 Å². The topological polar surface area (TPSA) is 73.3 Å². The fourth-order valence-corrected chi connectivity index (χ4v) is 2.03. The SMILES string of the molecule is CN(CC(C)(C)O)c1cccc(Cl)c1C(=N)N. The van der Waals surface area contributed by atoms with Crippen LogP contribution in [0.15, 0.2) is 18.2 Å². The molecule has 0 unspecified atom stereocenters. The van der Waals surface area contributed by atoms with Crippen LogP contribution in [0.5, 0.6) is 0 Å². The molecule has 0 heterocycles. The van der Waals surface area contributed by atoms with Crippen LogP contribution >= 0.6 is 11.6 Å². The Kier molecular flexibility index (Phi) is 4.01. The third-order valence-corrected chi connectivity index (χ3v) is 2.61. The predicted molar refractivity (Wildman–Crippen MR) is 72.0 cm³/mol. The molecule has 1 aromatic carbocycles. The van der Waals surface area contributed by atoms with Crippen LogP contribution in [0.3, 0.4) is 0 Å². The lowest BCUT2D eigenvalue weighted by Crippen LogP contribution is -2.37. The summed E-state index contributed by atoms with van der Waals surface area (Å²) >= 11 is 6.03. The smallest absolute Gasteiger partial charge is 0.126 e. The highest BCUT2D eigenvalue weighted by Crippen LogP contribution is 2.27. The Morgan fingerprint density at radius 1 is 1.53 bits per heavy atom. The van der Waals surface area contributed by atoms with Gasteiger partial charge < -0.3 is 15.7 Å². The van der Waals surface area contributed by atoms with E-state index in [2.05, 4.69) is 0 Å². The summed E-state index contributed by atoms with van der Waals surface area (Å²) in [6, 6.07) is 5.32. The molecule has 0 atom stereocenters. The van der Waals surface area contributed by atoms with Crippen molar-refractivity contribution in [2.24, 2.45) is 5.73 Å². The van der Waals surface area contributed by atoms with Gasteiger partial charge in [-0.1, -0.05) is 17.7 Å². The zero-order chi connectivity index (χ0) is 13.2. The Bertz CT molecular complexity index is 426. The molecule has 94 valence electrons. The quantitative estimate of drug-likeness (QED) is 0.568. The maximum absolute atomic E-state index is 9.79. The Morgan fingerprint density at radius 2 is 2.12 bits per heavy atom. The highest BCUT2D eigenvalue weighted by Gasteiger charge is 2.19. The Morgan fingerprint density at radius 3 is 2.59 bits per heavy atom. The van der Waals surface area contributed by atoms with Gasteiger partial charge >= 0.3 is 0 Å². The number of hydrogen-bond acceptors (Lipinski definition) is 3. The molecule has 0 aliphatic heterocycles. The van der Waals surface area contributed by atoms with Gasteiger partial charge in [0.1, 0.15) is 5.84 Å². The standard InChI is InChI=1S/C12H18ClN3O/c1-12(2,17)7-16(3)9-6-4-5-8(13)10(9)11(14)15/h4-6,17H,7H2,1-3H3,(H3,14,15). The van der Waals surface area contributed by atoms with Gasteiger partial charge in [0.05, 0.1) is 16.2 Å². The molecule has 1 aromatic rings. The van der Waals surface area contributed by atoms with Crippen LogP contribution in [0, 0.1) is 5.41 Å². The lowest BCUT2D eigenvalue weighted by Gasteiger charge is -2.29. The van der Waals surface area contributed by atoms with E-state index in [-0.39, 0.29) is 5.84 Å². The summed E-state index contributed by atoms with van der Waals surface area (Å²) in [5.74, 6) is -0.0757. The average molecular weight is 256 g/mol. The summed E-state index contributed by atoms with van der Waals surface area (Å²) in [4.78, 5) is 1.84.